The molecule has 1 amide bonds. The van der Waals surface area contributed by atoms with E-state index in [0.717, 1.165) is 5.01 Å². The molecule has 0 aliphatic carbocycles. The number of halogens is 2. The van der Waals surface area contributed by atoms with Gasteiger partial charge in [-0.15, -0.1) is 11.3 Å². The van der Waals surface area contributed by atoms with Crippen molar-refractivity contribution in [3.05, 3.63) is 49.9 Å². The number of aromatic nitrogens is 1. The van der Waals surface area contributed by atoms with Crippen molar-refractivity contribution >= 4 is 40.4 Å². The van der Waals surface area contributed by atoms with E-state index in [1.165, 1.54) is 11.3 Å². The predicted octanol–water partition coefficient (Wildman–Crippen LogP) is 3.68. The van der Waals surface area contributed by atoms with E-state index in [1.807, 2.05) is 18.4 Å². The van der Waals surface area contributed by atoms with E-state index >= 15 is 0 Å². The third kappa shape index (κ3) is 4.18. The Labute approximate surface area is 136 Å². The molecule has 0 unspecified atom stereocenters. The average molecular weight is 340 g/mol. The molecule has 2 rings (SSSR count). The van der Waals surface area contributed by atoms with E-state index in [9.17, 15) is 10.1 Å². The van der Waals surface area contributed by atoms with E-state index in [-0.39, 0.29) is 12.3 Å². The van der Waals surface area contributed by atoms with Crippen LogP contribution in [0.15, 0.2) is 23.6 Å². The summed E-state index contributed by atoms with van der Waals surface area (Å²) in [4.78, 5) is 16.2. The average Bonchev–Trinajstić information content (AvgIpc) is 2.84. The van der Waals surface area contributed by atoms with Gasteiger partial charge in [-0.3, -0.25) is 4.79 Å². The number of hydrogen-bond acceptors (Lipinski definition) is 4. The number of benzene rings is 1. The third-order valence-electron chi connectivity index (χ3n) is 2.72. The molecule has 0 aliphatic heterocycles. The molecule has 7 heteroatoms. The molecule has 0 aliphatic rings. The van der Waals surface area contributed by atoms with Gasteiger partial charge in [0.1, 0.15) is 6.04 Å². The van der Waals surface area contributed by atoms with Gasteiger partial charge in [0.15, 0.2) is 0 Å². The zero-order chi connectivity index (χ0) is 15.4. The first-order valence-corrected chi connectivity index (χ1v) is 7.68. The number of hydrogen-bond donors (Lipinski definition) is 1. The van der Waals surface area contributed by atoms with Crippen molar-refractivity contribution in [1.82, 2.24) is 10.3 Å². The lowest BCUT2D eigenvalue weighted by molar-refractivity contribution is -0.120. The zero-order valence-electron chi connectivity index (χ0n) is 11.1. The lowest BCUT2D eigenvalue weighted by atomic mass is 10.1. The van der Waals surface area contributed by atoms with Crippen molar-refractivity contribution in [2.45, 2.75) is 19.4 Å². The predicted molar refractivity (Wildman–Crippen MR) is 83.5 cm³/mol. The fourth-order valence-electron chi connectivity index (χ4n) is 1.75. The molecule has 1 heterocycles. The van der Waals surface area contributed by atoms with Gasteiger partial charge in [0.05, 0.1) is 33.2 Å². The van der Waals surface area contributed by atoms with Crippen molar-refractivity contribution in [3.8, 4) is 6.07 Å². The molecule has 0 fully saturated rings. The molecule has 1 N–H and O–H groups in total. The fraction of sp³-hybridized carbons (Fsp3) is 0.214. The van der Waals surface area contributed by atoms with Crippen LogP contribution in [0.2, 0.25) is 10.0 Å². The van der Waals surface area contributed by atoms with Crippen LogP contribution in [0.25, 0.3) is 0 Å². The first-order valence-electron chi connectivity index (χ1n) is 6.04. The minimum atomic E-state index is -0.771. The van der Waals surface area contributed by atoms with Crippen molar-refractivity contribution in [2.24, 2.45) is 0 Å². The smallest absolute Gasteiger partial charge is 0.227 e. The Hall–Kier alpha value is -1.61. The summed E-state index contributed by atoms with van der Waals surface area (Å²) in [7, 11) is 0. The van der Waals surface area contributed by atoms with Crippen molar-refractivity contribution in [2.75, 3.05) is 0 Å². The molecule has 0 spiro atoms. The highest BCUT2D eigenvalue weighted by molar-refractivity contribution is 7.09. The molecular weight excluding hydrogens is 329 g/mol. The molecule has 108 valence electrons. The number of thiazole rings is 1. The van der Waals surface area contributed by atoms with Gasteiger partial charge < -0.3 is 5.32 Å². The van der Waals surface area contributed by atoms with Crippen LogP contribution in [0.4, 0.5) is 0 Å². The SMILES string of the molecule is Cc1nc(CC(=O)N[C@@H](C#N)c2ccc(Cl)c(Cl)c2)cs1. The van der Waals surface area contributed by atoms with Crippen LogP contribution >= 0.6 is 34.5 Å². The highest BCUT2D eigenvalue weighted by Crippen LogP contribution is 2.25. The quantitative estimate of drug-likeness (QED) is 0.923. The summed E-state index contributed by atoms with van der Waals surface area (Å²) in [5.74, 6) is -0.266. The van der Waals surface area contributed by atoms with Crippen molar-refractivity contribution in [3.63, 3.8) is 0 Å². The van der Waals surface area contributed by atoms with Crippen LogP contribution < -0.4 is 5.32 Å². The van der Waals surface area contributed by atoms with E-state index in [0.29, 0.717) is 21.3 Å². The van der Waals surface area contributed by atoms with Gasteiger partial charge in [0.2, 0.25) is 5.91 Å². The van der Waals surface area contributed by atoms with E-state index in [4.69, 9.17) is 23.2 Å². The summed E-state index contributed by atoms with van der Waals surface area (Å²) in [6, 6.07) is 6.10. The van der Waals surface area contributed by atoms with Crippen molar-refractivity contribution < 1.29 is 4.79 Å². The number of carbonyl (C=O) groups excluding carboxylic acids is 1. The molecule has 21 heavy (non-hydrogen) atoms. The van der Waals surface area contributed by atoms with Crippen LogP contribution in [0, 0.1) is 18.3 Å². The summed E-state index contributed by atoms with van der Waals surface area (Å²) < 4.78 is 0. The summed E-state index contributed by atoms with van der Waals surface area (Å²) >= 11 is 13.2. The molecule has 1 atom stereocenters. The largest absolute Gasteiger partial charge is 0.336 e. The molecule has 1 aromatic heterocycles. The van der Waals surface area contributed by atoms with Crippen LogP contribution in [0.3, 0.4) is 0 Å². The fourth-order valence-corrected chi connectivity index (χ4v) is 2.67. The standard InChI is InChI=1S/C14H11Cl2N3OS/c1-8-18-10(7-21-8)5-14(20)19-13(6-17)9-2-3-11(15)12(16)4-9/h2-4,7,13H,5H2,1H3,(H,19,20)/t13-/m0/s1. The van der Waals surface area contributed by atoms with Crippen molar-refractivity contribution in [1.29, 1.82) is 5.26 Å². The molecule has 0 saturated carbocycles. The number of nitrogens with zero attached hydrogens (tertiary/aromatic N) is 2. The number of aryl methyl sites for hydroxylation is 1. The van der Waals surface area contributed by atoms with Gasteiger partial charge in [0, 0.05) is 5.38 Å². The Morgan fingerprint density at radius 3 is 2.81 bits per heavy atom. The van der Waals surface area contributed by atoms with Crippen LogP contribution in [-0.2, 0) is 11.2 Å². The summed E-state index contributed by atoms with van der Waals surface area (Å²) in [5, 5.41) is 15.3. The number of carbonyl (C=O) groups is 1. The van der Waals surface area contributed by atoms with Crippen LogP contribution in [-0.4, -0.2) is 10.9 Å². The second-order valence-electron chi connectivity index (χ2n) is 4.34. The number of nitrogens with one attached hydrogen (secondary N) is 1. The second kappa shape index (κ2) is 6.90. The van der Waals surface area contributed by atoms with Gasteiger partial charge in [0.25, 0.3) is 0 Å². The Bertz CT molecular complexity index is 708. The van der Waals surface area contributed by atoms with Gasteiger partial charge in [-0.2, -0.15) is 5.26 Å². The molecule has 2 aromatic rings. The highest BCUT2D eigenvalue weighted by atomic mass is 35.5. The number of nitriles is 1. The molecule has 0 radical (unpaired) electrons. The summed E-state index contributed by atoms with van der Waals surface area (Å²) in [5.41, 5.74) is 1.29. The minimum Gasteiger partial charge on any atom is -0.336 e. The third-order valence-corrected chi connectivity index (χ3v) is 4.28. The molecule has 0 saturated heterocycles. The maximum atomic E-state index is 12.0. The van der Waals surface area contributed by atoms with E-state index in [2.05, 4.69) is 10.3 Å². The lowest BCUT2D eigenvalue weighted by Crippen LogP contribution is -2.29. The normalized spacial score (nSPS) is 11.7. The second-order valence-corrected chi connectivity index (χ2v) is 6.21. The Balaban J connectivity index is 2.06. The Kier molecular flexibility index (Phi) is 5.18. The van der Waals surface area contributed by atoms with E-state index in [1.54, 1.807) is 18.2 Å². The minimum absolute atomic E-state index is 0.143. The first-order chi connectivity index (χ1) is 9.99. The monoisotopic (exact) mass is 339 g/mol. The maximum Gasteiger partial charge on any atom is 0.227 e. The highest BCUT2D eigenvalue weighted by Gasteiger charge is 2.16. The Morgan fingerprint density at radius 1 is 1.48 bits per heavy atom. The molecule has 0 bridgehead atoms. The number of rotatable bonds is 4. The molecule has 4 nitrogen and oxygen atoms in total. The van der Waals surface area contributed by atoms with Gasteiger partial charge in [-0.25, -0.2) is 4.98 Å². The summed E-state index contributed by atoms with van der Waals surface area (Å²) in [6.45, 7) is 1.87. The molecule has 1 aromatic carbocycles. The maximum absolute atomic E-state index is 12.0. The number of amides is 1. The van der Waals surface area contributed by atoms with Crippen LogP contribution in [0.5, 0.6) is 0 Å². The lowest BCUT2D eigenvalue weighted by Gasteiger charge is -2.12. The van der Waals surface area contributed by atoms with Gasteiger partial charge in [-0.05, 0) is 24.6 Å². The van der Waals surface area contributed by atoms with Crippen LogP contribution in [0.1, 0.15) is 22.3 Å². The van der Waals surface area contributed by atoms with E-state index < -0.39 is 6.04 Å². The van der Waals surface area contributed by atoms with Gasteiger partial charge in [-0.1, -0.05) is 29.3 Å². The zero-order valence-corrected chi connectivity index (χ0v) is 13.4. The topological polar surface area (TPSA) is 65.8 Å². The summed E-state index contributed by atoms with van der Waals surface area (Å²) in [6.07, 6.45) is 0.143. The Morgan fingerprint density at radius 2 is 2.24 bits per heavy atom. The first kappa shape index (κ1) is 15.8. The molecular formula is C14H11Cl2N3OS. The van der Waals surface area contributed by atoms with Gasteiger partial charge >= 0.3 is 0 Å².